The van der Waals surface area contributed by atoms with Gasteiger partial charge in [-0.1, -0.05) is 36.3 Å². The van der Waals surface area contributed by atoms with E-state index in [0.29, 0.717) is 24.5 Å². The van der Waals surface area contributed by atoms with Crippen LogP contribution in [0.3, 0.4) is 0 Å². The van der Waals surface area contributed by atoms with Crippen LogP contribution in [0.4, 0.5) is 0 Å². The van der Waals surface area contributed by atoms with Gasteiger partial charge in [0.25, 0.3) is 5.91 Å². The van der Waals surface area contributed by atoms with Crippen molar-refractivity contribution >= 4 is 11.8 Å². The van der Waals surface area contributed by atoms with E-state index in [4.69, 9.17) is 15.9 Å². The van der Waals surface area contributed by atoms with E-state index in [-0.39, 0.29) is 31.6 Å². The number of ether oxygens (including phenoxy) is 2. The molecule has 0 atom stereocenters. The summed E-state index contributed by atoms with van der Waals surface area (Å²) in [5, 5.41) is 5.28. The average Bonchev–Trinajstić information content (AvgIpc) is 2.71. The van der Waals surface area contributed by atoms with E-state index in [1.807, 2.05) is 42.5 Å². The highest BCUT2D eigenvalue weighted by Crippen LogP contribution is 2.12. The molecule has 2 N–H and O–H groups in total. The van der Waals surface area contributed by atoms with Gasteiger partial charge in [-0.25, -0.2) is 0 Å². The Hall–Kier alpha value is -3.46. The number of terminal acetylenes is 1. The lowest BCUT2D eigenvalue weighted by Gasteiger charge is -2.09. The van der Waals surface area contributed by atoms with Gasteiger partial charge >= 0.3 is 0 Å². The number of carbonyl (C=O) groups excluding carboxylic acids is 2. The molecule has 0 fully saturated rings. The summed E-state index contributed by atoms with van der Waals surface area (Å²) in [5.41, 5.74) is 1.06. The lowest BCUT2D eigenvalue weighted by atomic mass is 10.1. The van der Waals surface area contributed by atoms with Gasteiger partial charge in [0.2, 0.25) is 5.91 Å². The SMILES string of the molecule is C#CCOc1ccc(CCNC(=O)CNC(=O)COc2ccccc2)cc1. The first-order valence-electron chi connectivity index (χ1n) is 8.54. The van der Waals surface area contributed by atoms with Gasteiger partial charge in [0.05, 0.1) is 6.54 Å². The lowest BCUT2D eigenvalue weighted by Crippen LogP contribution is -2.39. The fraction of sp³-hybridized carbons (Fsp3) is 0.238. The monoisotopic (exact) mass is 366 g/mol. The molecule has 27 heavy (non-hydrogen) atoms. The van der Waals surface area contributed by atoms with E-state index in [1.54, 1.807) is 12.1 Å². The second-order valence-corrected chi connectivity index (χ2v) is 5.62. The second-order valence-electron chi connectivity index (χ2n) is 5.62. The molecule has 0 heterocycles. The van der Waals surface area contributed by atoms with Gasteiger partial charge in [-0.3, -0.25) is 9.59 Å². The first kappa shape index (κ1) is 19.9. The Morgan fingerprint density at radius 3 is 2.30 bits per heavy atom. The van der Waals surface area contributed by atoms with E-state index in [1.165, 1.54) is 0 Å². The normalized spacial score (nSPS) is 9.74. The molecule has 2 rings (SSSR count). The molecular weight excluding hydrogens is 344 g/mol. The van der Waals surface area contributed by atoms with E-state index in [2.05, 4.69) is 16.6 Å². The Bertz CT molecular complexity index is 767. The highest BCUT2D eigenvalue weighted by molar-refractivity contribution is 5.85. The maximum Gasteiger partial charge on any atom is 0.258 e. The first-order valence-corrected chi connectivity index (χ1v) is 8.54. The summed E-state index contributed by atoms with van der Waals surface area (Å²) >= 11 is 0. The van der Waals surface area contributed by atoms with Crippen molar-refractivity contribution in [3.05, 3.63) is 60.2 Å². The van der Waals surface area contributed by atoms with Gasteiger partial charge in [-0.05, 0) is 36.2 Å². The maximum absolute atomic E-state index is 11.8. The number of carbonyl (C=O) groups is 2. The van der Waals surface area contributed by atoms with Crippen LogP contribution in [0.5, 0.6) is 11.5 Å². The van der Waals surface area contributed by atoms with Crippen LogP contribution >= 0.6 is 0 Å². The number of hydrogen-bond donors (Lipinski definition) is 2. The van der Waals surface area contributed by atoms with Gasteiger partial charge < -0.3 is 20.1 Å². The number of rotatable bonds is 10. The van der Waals surface area contributed by atoms with Crippen LogP contribution in [0.15, 0.2) is 54.6 Å². The smallest absolute Gasteiger partial charge is 0.258 e. The van der Waals surface area contributed by atoms with Crippen LogP contribution in [0.1, 0.15) is 5.56 Å². The van der Waals surface area contributed by atoms with Crippen molar-refractivity contribution < 1.29 is 19.1 Å². The summed E-state index contributed by atoms with van der Waals surface area (Å²) in [6, 6.07) is 16.5. The zero-order chi connectivity index (χ0) is 19.3. The van der Waals surface area contributed by atoms with Crippen molar-refractivity contribution in [1.82, 2.24) is 10.6 Å². The Morgan fingerprint density at radius 1 is 0.889 bits per heavy atom. The van der Waals surface area contributed by atoms with Crippen LogP contribution in [0, 0.1) is 12.3 Å². The molecule has 140 valence electrons. The molecule has 0 aromatic heterocycles. The predicted octanol–water partition coefficient (Wildman–Crippen LogP) is 1.55. The number of nitrogens with one attached hydrogen (secondary N) is 2. The fourth-order valence-electron chi connectivity index (χ4n) is 2.18. The van der Waals surface area contributed by atoms with Crippen molar-refractivity contribution in [1.29, 1.82) is 0 Å². The van der Waals surface area contributed by atoms with Gasteiger partial charge in [0, 0.05) is 6.54 Å². The van der Waals surface area contributed by atoms with E-state index in [0.717, 1.165) is 5.56 Å². The van der Waals surface area contributed by atoms with Gasteiger partial charge in [0.1, 0.15) is 18.1 Å². The Labute approximate surface area is 158 Å². The zero-order valence-electron chi connectivity index (χ0n) is 14.9. The molecule has 6 nitrogen and oxygen atoms in total. The highest BCUT2D eigenvalue weighted by Gasteiger charge is 2.06. The lowest BCUT2D eigenvalue weighted by molar-refractivity contribution is -0.127. The van der Waals surface area contributed by atoms with Crippen LogP contribution in [-0.2, 0) is 16.0 Å². The molecule has 2 aromatic rings. The molecule has 0 radical (unpaired) electrons. The standard InChI is InChI=1S/C21H22N2O4/c1-2-14-26-19-10-8-17(9-11-19)12-13-22-20(24)15-23-21(25)16-27-18-6-4-3-5-7-18/h1,3-11H,12-16H2,(H,22,24)(H,23,25). The molecule has 0 aliphatic heterocycles. The molecule has 2 aromatic carbocycles. The third-order valence-corrected chi connectivity index (χ3v) is 3.54. The highest BCUT2D eigenvalue weighted by atomic mass is 16.5. The van der Waals surface area contributed by atoms with E-state index in [9.17, 15) is 9.59 Å². The molecule has 6 heteroatoms. The molecule has 0 aliphatic rings. The number of benzene rings is 2. The zero-order valence-corrected chi connectivity index (χ0v) is 14.9. The molecule has 2 amide bonds. The second kappa shape index (κ2) is 11.2. The summed E-state index contributed by atoms with van der Waals surface area (Å²) in [7, 11) is 0. The number of amides is 2. The number of para-hydroxylation sites is 1. The summed E-state index contributed by atoms with van der Waals surface area (Å²) in [5.74, 6) is 3.12. The van der Waals surface area contributed by atoms with E-state index < -0.39 is 0 Å². The summed E-state index contributed by atoms with van der Waals surface area (Å²) in [4.78, 5) is 23.5. The third-order valence-electron chi connectivity index (χ3n) is 3.54. The van der Waals surface area contributed by atoms with Crippen molar-refractivity contribution in [2.75, 3.05) is 26.3 Å². The Balaban J connectivity index is 1.59. The largest absolute Gasteiger partial charge is 0.484 e. The summed E-state index contributed by atoms with van der Waals surface area (Å²) < 4.78 is 10.6. The van der Waals surface area contributed by atoms with Crippen molar-refractivity contribution in [3.63, 3.8) is 0 Å². The topological polar surface area (TPSA) is 76.7 Å². The first-order chi connectivity index (χ1) is 13.2. The minimum atomic E-state index is -0.350. The maximum atomic E-state index is 11.8. The van der Waals surface area contributed by atoms with E-state index >= 15 is 0 Å². The third kappa shape index (κ3) is 7.97. The Morgan fingerprint density at radius 2 is 1.59 bits per heavy atom. The summed E-state index contributed by atoms with van der Waals surface area (Å²) in [6.07, 6.45) is 5.81. The van der Waals surface area contributed by atoms with Gasteiger partial charge in [0.15, 0.2) is 6.61 Å². The molecule has 0 aliphatic carbocycles. The summed E-state index contributed by atoms with van der Waals surface area (Å²) in [6.45, 7) is 0.485. The van der Waals surface area contributed by atoms with Gasteiger partial charge in [-0.15, -0.1) is 6.42 Å². The van der Waals surface area contributed by atoms with Crippen LogP contribution in [0.25, 0.3) is 0 Å². The molecule has 0 spiro atoms. The molecule has 0 unspecified atom stereocenters. The molecule has 0 saturated heterocycles. The minimum Gasteiger partial charge on any atom is -0.484 e. The van der Waals surface area contributed by atoms with Crippen molar-refractivity contribution in [2.24, 2.45) is 0 Å². The molecule has 0 saturated carbocycles. The average molecular weight is 366 g/mol. The van der Waals surface area contributed by atoms with Crippen molar-refractivity contribution in [3.8, 4) is 23.8 Å². The Kier molecular flexibility index (Phi) is 8.25. The molecule has 0 bridgehead atoms. The van der Waals surface area contributed by atoms with Crippen LogP contribution in [-0.4, -0.2) is 38.1 Å². The number of hydrogen-bond acceptors (Lipinski definition) is 4. The fourth-order valence-corrected chi connectivity index (χ4v) is 2.18. The minimum absolute atomic E-state index is 0.0875. The predicted molar refractivity (Wildman–Crippen MR) is 102 cm³/mol. The van der Waals surface area contributed by atoms with Crippen LogP contribution < -0.4 is 20.1 Å². The quantitative estimate of drug-likeness (QED) is 0.626. The molecular formula is C21H22N2O4. The van der Waals surface area contributed by atoms with Crippen LogP contribution in [0.2, 0.25) is 0 Å². The van der Waals surface area contributed by atoms with Gasteiger partial charge in [-0.2, -0.15) is 0 Å². The van der Waals surface area contributed by atoms with Crippen molar-refractivity contribution in [2.45, 2.75) is 6.42 Å².